The summed E-state index contributed by atoms with van der Waals surface area (Å²) in [6, 6.07) is 6.33. The van der Waals surface area contributed by atoms with Gasteiger partial charge in [-0.15, -0.1) is 0 Å². The van der Waals surface area contributed by atoms with Crippen LogP contribution in [0.1, 0.15) is 27.9 Å². The number of hydrogen-bond acceptors (Lipinski definition) is 6. The molecule has 0 saturated carbocycles. The minimum atomic E-state index is -1.15. The zero-order valence-electron chi connectivity index (χ0n) is 25.7. The summed E-state index contributed by atoms with van der Waals surface area (Å²) < 4.78 is 35.0. The monoisotopic (exact) mass is 648 g/mol. The summed E-state index contributed by atoms with van der Waals surface area (Å²) in [6.45, 7) is 3.44. The molecule has 15 heteroatoms. The number of nitrogens with one attached hydrogen (secondary N) is 3. The number of likely N-dealkylation sites (N-methyl/N-ethyl adjacent to an activating group) is 1. The lowest BCUT2D eigenvalue weighted by Crippen LogP contribution is -3.07. The van der Waals surface area contributed by atoms with Gasteiger partial charge in [-0.1, -0.05) is 11.6 Å². The fourth-order valence-electron chi connectivity index (χ4n) is 4.97. The normalized spacial score (nSPS) is 14.7. The van der Waals surface area contributed by atoms with Crippen molar-refractivity contribution in [3.8, 4) is 17.0 Å². The Labute approximate surface area is 264 Å². The number of quaternary nitrogens is 1. The number of carbonyl (C=O) groups excluding carboxylic acids is 3. The van der Waals surface area contributed by atoms with Gasteiger partial charge in [0.05, 0.1) is 49.7 Å². The molecule has 2 heterocycles. The maximum absolute atomic E-state index is 14.6. The molecule has 0 radical (unpaired) electrons. The third-order valence-electron chi connectivity index (χ3n) is 7.59. The lowest BCUT2D eigenvalue weighted by molar-refractivity contribution is -0.862. The minimum absolute atomic E-state index is 0.0680. The van der Waals surface area contributed by atoms with Crippen molar-refractivity contribution < 1.29 is 37.9 Å². The van der Waals surface area contributed by atoms with Crippen molar-refractivity contribution in [3.05, 3.63) is 64.6 Å². The number of halogens is 3. The molecule has 1 fully saturated rings. The van der Waals surface area contributed by atoms with E-state index in [-0.39, 0.29) is 45.4 Å². The zero-order valence-corrected chi connectivity index (χ0v) is 26.4. The van der Waals surface area contributed by atoms with Crippen LogP contribution in [0.25, 0.3) is 11.3 Å². The van der Waals surface area contributed by atoms with Crippen molar-refractivity contribution in [1.82, 2.24) is 24.7 Å². The van der Waals surface area contributed by atoms with Crippen LogP contribution >= 0.6 is 11.6 Å². The Bertz CT molecular complexity index is 1580. The average molecular weight is 649 g/mol. The molecule has 1 aliphatic rings. The molecular weight excluding hydrogens is 612 g/mol. The number of piperazine rings is 1. The minimum Gasteiger partial charge on any atom is -0.494 e. The van der Waals surface area contributed by atoms with Gasteiger partial charge in [-0.2, -0.15) is 4.39 Å². The van der Waals surface area contributed by atoms with Crippen molar-refractivity contribution in [2.45, 2.75) is 19.1 Å². The van der Waals surface area contributed by atoms with Gasteiger partial charge in [0.15, 0.2) is 17.4 Å². The van der Waals surface area contributed by atoms with E-state index in [1.807, 2.05) is 14.1 Å². The average Bonchev–Trinajstić information content (AvgIpc) is 3.38. The third kappa shape index (κ3) is 7.52. The van der Waals surface area contributed by atoms with Gasteiger partial charge in [-0.3, -0.25) is 9.59 Å². The van der Waals surface area contributed by atoms with Crippen LogP contribution in [-0.2, 0) is 7.05 Å². The second-order valence-electron chi connectivity index (χ2n) is 11.1. The molecule has 0 aliphatic carbocycles. The molecule has 4 amide bonds. The van der Waals surface area contributed by atoms with E-state index in [0.29, 0.717) is 38.4 Å². The van der Waals surface area contributed by atoms with E-state index < -0.39 is 29.7 Å². The molecule has 0 spiro atoms. The van der Waals surface area contributed by atoms with Crippen LogP contribution in [-0.4, -0.2) is 108 Å². The first-order chi connectivity index (χ1) is 21.3. The van der Waals surface area contributed by atoms with Gasteiger partial charge in [-0.05, 0) is 37.3 Å². The van der Waals surface area contributed by atoms with E-state index in [1.54, 1.807) is 16.7 Å². The Morgan fingerprint density at radius 3 is 2.38 bits per heavy atom. The van der Waals surface area contributed by atoms with Crippen molar-refractivity contribution in [1.29, 1.82) is 0 Å². The van der Waals surface area contributed by atoms with Crippen LogP contribution in [0, 0.1) is 11.6 Å². The van der Waals surface area contributed by atoms with Gasteiger partial charge in [0.25, 0.3) is 11.8 Å². The Morgan fingerprint density at radius 2 is 1.76 bits per heavy atom. The molecule has 2 aromatic carbocycles. The first-order valence-electron chi connectivity index (χ1n) is 14.3. The lowest BCUT2D eigenvalue weighted by atomic mass is 10.1. The maximum Gasteiger partial charge on any atom is 0.317 e. The van der Waals surface area contributed by atoms with E-state index in [2.05, 4.69) is 15.6 Å². The summed E-state index contributed by atoms with van der Waals surface area (Å²) in [5, 5.41) is 15.8. The smallest absolute Gasteiger partial charge is 0.317 e. The second-order valence-corrected chi connectivity index (χ2v) is 11.5. The fraction of sp³-hybridized carbons (Fsp3) is 0.400. The van der Waals surface area contributed by atoms with Crippen LogP contribution in [0.4, 0.5) is 19.3 Å². The number of benzene rings is 2. The summed E-state index contributed by atoms with van der Waals surface area (Å²) in [5.41, 5.74) is 0.602. The highest BCUT2D eigenvalue weighted by atomic mass is 35.5. The van der Waals surface area contributed by atoms with Gasteiger partial charge < -0.3 is 39.7 Å². The predicted octanol–water partition coefficient (Wildman–Crippen LogP) is 1.64. The molecular formula is C30H37ClF2N7O5+. The Balaban J connectivity index is 1.36. The molecule has 1 aliphatic heterocycles. The number of urea groups is 1. The van der Waals surface area contributed by atoms with Gasteiger partial charge in [0.1, 0.15) is 12.6 Å². The SMILES string of the molecule is COc1ccc(-c2cnc(C(=O)Nc3ccc(C(=O)N4CCN(C(=O)NC(C)C(O)C[NH+](C)C)CC4)c(Cl)c3)n2C)c(F)c1F. The largest absolute Gasteiger partial charge is 0.494 e. The molecule has 1 saturated heterocycles. The van der Waals surface area contributed by atoms with E-state index in [0.717, 1.165) is 4.90 Å². The lowest BCUT2D eigenvalue weighted by Gasteiger charge is -2.35. The van der Waals surface area contributed by atoms with Gasteiger partial charge in [-0.25, -0.2) is 14.2 Å². The highest BCUT2D eigenvalue weighted by Gasteiger charge is 2.28. The highest BCUT2D eigenvalue weighted by molar-refractivity contribution is 6.34. The molecule has 12 nitrogen and oxygen atoms in total. The topological polar surface area (TPSA) is 133 Å². The van der Waals surface area contributed by atoms with E-state index in [4.69, 9.17) is 16.3 Å². The number of aliphatic hydroxyl groups excluding tert-OH is 1. The van der Waals surface area contributed by atoms with Crippen molar-refractivity contribution in [2.24, 2.45) is 7.05 Å². The Hall–Kier alpha value is -4.27. The molecule has 1 aromatic heterocycles. The Morgan fingerprint density at radius 1 is 1.09 bits per heavy atom. The zero-order chi connectivity index (χ0) is 33.0. The highest BCUT2D eigenvalue weighted by Crippen LogP contribution is 2.30. The van der Waals surface area contributed by atoms with Crippen LogP contribution in [0.15, 0.2) is 36.5 Å². The number of rotatable bonds is 9. The number of anilines is 1. The first-order valence-corrected chi connectivity index (χ1v) is 14.7. The van der Waals surface area contributed by atoms with Gasteiger partial charge in [0.2, 0.25) is 5.82 Å². The molecule has 2 atom stereocenters. The molecule has 4 rings (SSSR count). The summed E-state index contributed by atoms with van der Waals surface area (Å²) in [5.74, 6) is -3.55. The Kier molecular flexibility index (Phi) is 10.6. The second kappa shape index (κ2) is 14.2. The number of ether oxygens (including phenoxy) is 1. The van der Waals surface area contributed by atoms with Crippen molar-refractivity contribution >= 4 is 35.1 Å². The molecule has 3 aromatic rings. The van der Waals surface area contributed by atoms with Crippen molar-refractivity contribution in [3.63, 3.8) is 0 Å². The molecule has 0 bridgehead atoms. The van der Waals surface area contributed by atoms with Crippen LogP contribution < -0.4 is 20.3 Å². The number of imidazole rings is 1. The fourth-order valence-corrected chi connectivity index (χ4v) is 5.23. The van der Waals surface area contributed by atoms with Crippen LogP contribution in [0.2, 0.25) is 5.02 Å². The first kappa shape index (κ1) is 33.6. The van der Waals surface area contributed by atoms with Gasteiger partial charge >= 0.3 is 6.03 Å². The summed E-state index contributed by atoms with van der Waals surface area (Å²) in [4.78, 5) is 47.2. The molecule has 45 heavy (non-hydrogen) atoms. The molecule has 242 valence electrons. The van der Waals surface area contributed by atoms with Crippen LogP contribution in [0.5, 0.6) is 5.75 Å². The predicted molar refractivity (Wildman–Crippen MR) is 164 cm³/mol. The van der Waals surface area contributed by atoms with E-state index in [1.165, 1.54) is 55.3 Å². The number of carbonyl (C=O) groups is 3. The summed E-state index contributed by atoms with van der Waals surface area (Å²) in [6.07, 6.45) is 0.570. The number of hydrogen-bond donors (Lipinski definition) is 4. The van der Waals surface area contributed by atoms with E-state index in [9.17, 15) is 28.3 Å². The maximum atomic E-state index is 14.6. The molecule has 2 unspecified atom stereocenters. The van der Waals surface area contributed by atoms with E-state index >= 15 is 0 Å². The number of methoxy groups -OCH3 is 1. The number of nitrogens with zero attached hydrogens (tertiary/aromatic N) is 4. The van der Waals surface area contributed by atoms with Crippen LogP contribution in [0.3, 0.4) is 0 Å². The summed E-state index contributed by atoms with van der Waals surface area (Å²) in [7, 11) is 6.56. The quantitative estimate of drug-likeness (QED) is 0.279. The third-order valence-corrected chi connectivity index (χ3v) is 7.90. The number of aromatic nitrogens is 2. The molecule has 4 N–H and O–H groups in total. The number of amides is 4. The van der Waals surface area contributed by atoms with Crippen molar-refractivity contribution in [2.75, 3.05) is 59.2 Å². The van der Waals surface area contributed by atoms with Gasteiger partial charge in [0, 0.05) is 44.5 Å². The number of aliphatic hydroxyl groups is 1. The summed E-state index contributed by atoms with van der Waals surface area (Å²) >= 11 is 6.44. The standard InChI is InChI=1S/C30H36ClF2N7O5/c1-17(23(41)16-37(2)3)35-30(44)40-12-10-39(11-13-40)29(43)19-7-6-18(14-21(19)31)36-28(42)27-34-15-22(38(27)4)20-8-9-24(45-5)26(33)25(20)32/h6-9,14-15,17,23,41H,10-13,16H2,1-5H3,(H,35,44)(H,36,42)/p+1.